The van der Waals surface area contributed by atoms with E-state index in [1.165, 1.54) is 0 Å². The Morgan fingerprint density at radius 1 is 1.22 bits per heavy atom. The van der Waals surface area contributed by atoms with Crippen molar-refractivity contribution in [3.05, 3.63) is 11.9 Å². The lowest BCUT2D eigenvalue weighted by Gasteiger charge is -2.11. The highest BCUT2D eigenvalue weighted by Gasteiger charge is 2.08. The number of hydrogen-bond acceptors (Lipinski definition) is 5. The molecule has 0 aliphatic rings. The Morgan fingerprint density at radius 3 is 2.61 bits per heavy atom. The molecule has 0 amide bonds. The van der Waals surface area contributed by atoms with Gasteiger partial charge in [-0.05, 0) is 13.8 Å². The number of rotatable bonds is 8. The molecule has 102 valence electrons. The van der Waals surface area contributed by atoms with Crippen molar-refractivity contribution in [1.82, 2.24) is 9.97 Å². The van der Waals surface area contributed by atoms with E-state index in [1.807, 2.05) is 19.9 Å². The van der Waals surface area contributed by atoms with Gasteiger partial charge >= 0.3 is 0 Å². The van der Waals surface area contributed by atoms with Crippen LogP contribution in [0.1, 0.15) is 39.4 Å². The van der Waals surface area contributed by atoms with Gasteiger partial charge in [0, 0.05) is 25.1 Å². The highest BCUT2D eigenvalue weighted by Crippen LogP contribution is 2.18. The molecule has 5 heteroatoms. The van der Waals surface area contributed by atoms with Gasteiger partial charge in [0.25, 0.3) is 0 Å². The van der Waals surface area contributed by atoms with Crippen LogP contribution < -0.4 is 10.1 Å². The summed E-state index contributed by atoms with van der Waals surface area (Å²) in [5, 5.41) is 3.18. The van der Waals surface area contributed by atoms with Crippen molar-refractivity contribution >= 4 is 5.82 Å². The Balaban J connectivity index is 2.69. The maximum Gasteiger partial charge on any atom is 0.218 e. The van der Waals surface area contributed by atoms with Crippen molar-refractivity contribution in [3.8, 4) is 5.88 Å². The summed E-state index contributed by atoms with van der Waals surface area (Å²) in [5.74, 6) is 2.48. The lowest BCUT2D eigenvalue weighted by atomic mass is 10.2. The summed E-state index contributed by atoms with van der Waals surface area (Å²) in [6, 6.07) is 1.82. The molecular weight excluding hydrogens is 230 g/mol. The molecule has 0 aromatic carbocycles. The monoisotopic (exact) mass is 253 g/mol. The van der Waals surface area contributed by atoms with E-state index in [9.17, 15) is 0 Å². The van der Waals surface area contributed by atoms with Crippen LogP contribution >= 0.6 is 0 Å². The normalized spacial score (nSPS) is 10.7. The van der Waals surface area contributed by atoms with Gasteiger partial charge < -0.3 is 14.8 Å². The van der Waals surface area contributed by atoms with Crippen molar-refractivity contribution in [1.29, 1.82) is 0 Å². The fourth-order valence-corrected chi connectivity index (χ4v) is 1.40. The van der Waals surface area contributed by atoms with Crippen LogP contribution in [0.2, 0.25) is 0 Å². The van der Waals surface area contributed by atoms with Gasteiger partial charge in [-0.1, -0.05) is 13.8 Å². The van der Waals surface area contributed by atoms with Crippen LogP contribution in [0.3, 0.4) is 0 Å². The molecule has 0 spiro atoms. The zero-order chi connectivity index (χ0) is 13.4. The number of aromatic nitrogens is 2. The number of anilines is 1. The summed E-state index contributed by atoms with van der Waals surface area (Å²) in [6.07, 6.45) is 0. The predicted molar refractivity (Wildman–Crippen MR) is 72.3 cm³/mol. The molecule has 0 bridgehead atoms. The van der Waals surface area contributed by atoms with Crippen LogP contribution in [-0.4, -0.2) is 36.3 Å². The highest BCUT2D eigenvalue weighted by molar-refractivity contribution is 5.38. The van der Waals surface area contributed by atoms with Crippen LogP contribution in [-0.2, 0) is 4.74 Å². The summed E-state index contributed by atoms with van der Waals surface area (Å²) < 4.78 is 10.8. The molecule has 1 aromatic rings. The van der Waals surface area contributed by atoms with Gasteiger partial charge in [0.05, 0.1) is 6.61 Å². The van der Waals surface area contributed by atoms with Crippen LogP contribution in [0.5, 0.6) is 5.88 Å². The second kappa shape index (κ2) is 7.87. The Hall–Kier alpha value is -1.36. The second-order valence-electron chi connectivity index (χ2n) is 4.18. The Bertz CT molecular complexity index is 356. The van der Waals surface area contributed by atoms with Gasteiger partial charge in [0.1, 0.15) is 18.2 Å². The summed E-state index contributed by atoms with van der Waals surface area (Å²) in [5.41, 5.74) is 0. The molecule has 0 aliphatic heterocycles. The van der Waals surface area contributed by atoms with Crippen LogP contribution in [0.4, 0.5) is 5.82 Å². The first-order chi connectivity index (χ1) is 8.67. The van der Waals surface area contributed by atoms with E-state index in [2.05, 4.69) is 29.1 Å². The van der Waals surface area contributed by atoms with Gasteiger partial charge in [-0.15, -0.1) is 0 Å². The molecule has 1 aromatic heterocycles. The second-order valence-corrected chi connectivity index (χ2v) is 4.18. The number of hydrogen-bond donors (Lipinski definition) is 1. The summed E-state index contributed by atoms with van der Waals surface area (Å²) in [6.45, 7) is 10.7. The van der Waals surface area contributed by atoms with E-state index >= 15 is 0 Å². The Labute approximate surface area is 109 Å². The van der Waals surface area contributed by atoms with E-state index in [4.69, 9.17) is 9.47 Å². The third kappa shape index (κ3) is 4.87. The maximum atomic E-state index is 5.57. The number of nitrogens with one attached hydrogen (secondary N) is 1. The van der Waals surface area contributed by atoms with E-state index in [1.54, 1.807) is 0 Å². The molecular formula is C13H23N3O2. The zero-order valence-electron chi connectivity index (χ0n) is 11.7. The summed E-state index contributed by atoms with van der Waals surface area (Å²) >= 11 is 0. The molecule has 5 nitrogen and oxygen atoms in total. The van der Waals surface area contributed by atoms with Gasteiger partial charge in [0.15, 0.2) is 0 Å². The van der Waals surface area contributed by atoms with Crippen LogP contribution in [0.15, 0.2) is 6.07 Å². The van der Waals surface area contributed by atoms with Crippen molar-refractivity contribution in [2.24, 2.45) is 0 Å². The molecule has 0 unspecified atom stereocenters. The molecule has 0 saturated heterocycles. The SMILES string of the molecule is CCNc1cc(OCCOCC)nc(C(C)C)n1. The lowest BCUT2D eigenvalue weighted by molar-refractivity contribution is 0.108. The fourth-order valence-electron chi connectivity index (χ4n) is 1.40. The van der Waals surface area contributed by atoms with Crippen molar-refractivity contribution in [2.75, 3.05) is 31.7 Å². The Kier molecular flexibility index (Phi) is 6.43. The fraction of sp³-hybridized carbons (Fsp3) is 0.692. The van der Waals surface area contributed by atoms with Crippen molar-refractivity contribution in [3.63, 3.8) is 0 Å². The van der Waals surface area contributed by atoms with E-state index in [0.717, 1.165) is 18.2 Å². The lowest BCUT2D eigenvalue weighted by Crippen LogP contribution is -2.10. The van der Waals surface area contributed by atoms with E-state index in [-0.39, 0.29) is 5.92 Å². The standard InChI is InChI=1S/C13H23N3O2/c1-5-14-11-9-12(18-8-7-17-6-2)16-13(15-11)10(3)4/h9-10H,5-8H2,1-4H3,(H,14,15,16). The third-order valence-corrected chi connectivity index (χ3v) is 2.28. The molecule has 1 rings (SSSR count). The molecule has 0 aliphatic carbocycles. The molecule has 0 radical (unpaired) electrons. The van der Waals surface area contributed by atoms with E-state index < -0.39 is 0 Å². The highest BCUT2D eigenvalue weighted by atomic mass is 16.5. The third-order valence-electron chi connectivity index (χ3n) is 2.28. The zero-order valence-corrected chi connectivity index (χ0v) is 11.7. The quantitative estimate of drug-likeness (QED) is 0.721. The first-order valence-corrected chi connectivity index (χ1v) is 6.50. The molecule has 1 N–H and O–H groups in total. The topological polar surface area (TPSA) is 56.3 Å². The van der Waals surface area contributed by atoms with Gasteiger partial charge in [0.2, 0.25) is 5.88 Å². The molecule has 18 heavy (non-hydrogen) atoms. The van der Waals surface area contributed by atoms with Crippen molar-refractivity contribution in [2.45, 2.75) is 33.6 Å². The summed E-state index contributed by atoms with van der Waals surface area (Å²) in [4.78, 5) is 8.82. The number of nitrogens with zero attached hydrogens (tertiary/aromatic N) is 2. The number of ether oxygens (including phenoxy) is 2. The van der Waals surface area contributed by atoms with Crippen LogP contribution in [0.25, 0.3) is 0 Å². The predicted octanol–water partition coefficient (Wildman–Crippen LogP) is 2.45. The van der Waals surface area contributed by atoms with Crippen LogP contribution in [0, 0.1) is 0 Å². The van der Waals surface area contributed by atoms with Crippen molar-refractivity contribution < 1.29 is 9.47 Å². The van der Waals surface area contributed by atoms with E-state index in [0.29, 0.717) is 25.7 Å². The van der Waals surface area contributed by atoms with Gasteiger partial charge in [-0.2, -0.15) is 4.98 Å². The molecule has 0 atom stereocenters. The first kappa shape index (κ1) is 14.7. The minimum absolute atomic E-state index is 0.276. The average Bonchev–Trinajstić information content (AvgIpc) is 2.35. The maximum absolute atomic E-state index is 5.57. The van der Waals surface area contributed by atoms with Gasteiger partial charge in [-0.25, -0.2) is 4.98 Å². The summed E-state index contributed by atoms with van der Waals surface area (Å²) in [7, 11) is 0. The first-order valence-electron chi connectivity index (χ1n) is 6.50. The molecule has 1 heterocycles. The Morgan fingerprint density at radius 2 is 2.00 bits per heavy atom. The average molecular weight is 253 g/mol. The molecule has 0 saturated carbocycles. The minimum Gasteiger partial charge on any atom is -0.475 e. The largest absolute Gasteiger partial charge is 0.475 e. The minimum atomic E-state index is 0.276. The smallest absolute Gasteiger partial charge is 0.218 e. The van der Waals surface area contributed by atoms with Gasteiger partial charge in [-0.3, -0.25) is 0 Å². The molecule has 0 fully saturated rings.